The first-order chi connectivity index (χ1) is 12.6. The van der Waals surface area contributed by atoms with E-state index >= 15 is 0 Å². The fourth-order valence-corrected chi connectivity index (χ4v) is 3.62. The van der Waals surface area contributed by atoms with Crippen LogP contribution in [0.2, 0.25) is 0 Å². The van der Waals surface area contributed by atoms with Crippen molar-refractivity contribution in [2.24, 2.45) is 0 Å². The molecule has 26 heavy (non-hydrogen) atoms. The molecule has 2 aliphatic rings. The molecule has 0 aliphatic carbocycles. The molecule has 2 amide bonds. The highest BCUT2D eigenvalue weighted by Gasteiger charge is 2.34. The first kappa shape index (κ1) is 16.8. The predicted octanol–water partition coefficient (Wildman–Crippen LogP) is 2.74. The van der Waals surface area contributed by atoms with Crippen LogP contribution in [0.25, 0.3) is 0 Å². The maximum absolute atomic E-state index is 12.3. The Kier molecular flexibility index (Phi) is 4.47. The van der Waals surface area contributed by atoms with E-state index in [4.69, 9.17) is 4.74 Å². The minimum Gasteiger partial charge on any atom is -0.494 e. The van der Waals surface area contributed by atoms with Gasteiger partial charge in [0.1, 0.15) is 5.75 Å². The van der Waals surface area contributed by atoms with Gasteiger partial charge in [-0.3, -0.25) is 14.5 Å². The van der Waals surface area contributed by atoms with Crippen molar-refractivity contribution in [1.29, 1.82) is 0 Å². The zero-order chi connectivity index (χ0) is 18.1. The molecule has 0 unspecified atom stereocenters. The molecule has 0 saturated heterocycles. The largest absolute Gasteiger partial charge is 0.494 e. The van der Waals surface area contributed by atoms with Crippen LogP contribution in [0.5, 0.6) is 5.75 Å². The van der Waals surface area contributed by atoms with Crippen molar-refractivity contribution in [3.05, 3.63) is 64.7 Å². The van der Waals surface area contributed by atoms with Crippen LogP contribution in [0.1, 0.15) is 38.3 Å². The van der Waals surface area contributed by atoms with Gasteiger partial charge in [0.2, 0.25) is 0 Å². The summed E-state index contributed by atoms with van der Waals surface area (Å²) in [7, 11) is 2.12. The summed E-state index contributed by atoms with van der Waals surface area (Å²) in [6.45, 7) is 2.89. The zero-order valence-electron chi connectivity index (χ0n) is 14.9. The third-order valence-corrected chi connectivity index (χ3v) is 5.05. The molecule has 0 spiro atoms. The van der Waals surface area contributed by atoms with Crippen LogP contribution in [0.4, 0.5) is 0 Å². The summed E-state index contributed by atoms with van der Waals surface area (Å²) in [6.07, 6.45) is 1.69. The lowest BCUT2D eigenvalue weighted by molar-refractivity contribution is 0.0647. The van der Waals surface area contributed by atoms with Gasteiger partial charge < -0.3 is 9.64 Å². The van der Waals surface area contributed by atoms with Crippen molar-refractivity contribution in [2.45, 2.75) is 19.4 Å². The lowest BCUT2D eigenvalue weighted by Crippen LogP contribution is -2.31. The molecule has 0 N–H and O–H groups in total. The van der Waals surface area contributed by atoms with E-state index < -0.39 is 0 Å². The highest BCUT2D eigenvalue weighted by atomic mass is 16.5. The van der Waals surface area contributed by atoms with Gasteiger partial charge in [0.25, 0.3) is 11.8 Å². The van der Waals surface area contributed by atoms with E-state index in [0.717, 1.165) is 25.3 Å². The fourth-order valence-electron chi connectivity index (χ4n) is 3.62. The van der Waals surface area contributed by atoms with Crippen molar-refractivity contribution in [2.75, 3.05) is 26.7 Å². The van der Waals surface area contributed by atoms with Crippen molar-refractivity contribution in [1.82, 2.24) is 9.80 Å². The molecule has 0 aromatic heterocycles. The average molecular weight is 350 g/mol. The maximum atomic E-state index is 12.3. The van der Waals surface area contributed by atoms with Gasteiger partial charge in [-0.2, -0.15) is 0 Å². The topological polar surface area (TPSA) is 49.9 Å². The van der Waals surface area contributed by atoms with Crippen LogP contribution in [0.3, 0.4) is 0 Å². The third-order valence-electron chi connectivity index (χ3n) is 5.05. The molecule has 2 aromatic carbocycles. The molecule has 2 heterocycles. The Balaban J connectivity index is 1.32. The lowest BCUT2D eigenvalue weighted by Gasteiger charge is -2.25. The molecule has 0 fully saturated rings. The van der Waals surface area contributed by atoms with Crippen LogP contribution in [-0.2, 0) is 13.0 Å². The summed E-state index contributed by atoms with van der Waals surface area (Å²) in [5, 5.41) is 0. The van der Waals surface area contributed by atoms with Gasteiger partial charge in [-0.25, -0.2) is 0 Å². The molecule has 5 nitrogen and oxygen atoms in total. The first-order valence-electron chi connectivity index (χ1n) is 9.02. The second-order valence-corrected chi connectivity index (χ2v) is 6.93. The molecular weight excluding hydrogens is 328 g/mol. The first-order valence-corrected chi connectivity index (χ1v) is 9.02. The van der Waals surface area contributed by atoms with E-state index in [2.05, 4.69) is 24.1 Å². The summed E-state index contributed by atoms with van der Waals surface area (Å²) in [5.41, 5.74) is 3.70. The number of imide groups is 1. The van der Waals surface area contributed by atoms with Gasteiger partial charge in [-0.05, 0) is 55.3 Å². The minimum atomic E-state index is -0.206. The number of carbonyl (C=O) groups excluding carboxylic acids is 2. The van der Waals surface area contributed by atoms with Crippen LogP contribution in [0, 0.1) is 0 Å². The van der Waals surface area contributed by atoms with E-state index in [-0.39, 0.29) is 11.8 Å². The SMILES string of the molecule is CN1CCc2ccc(OCCCN3C(=O)c4ccccc4C3=O)cc2C1. The quantitative estimate of drug-likeness (QED) is 0.615. The number of benzene rings is 2. The maximum Gasteiger partial charge on any atom is 0.261 e. The van der Waals surface area contributed by atoms with E-state index in [1.807, 2.05) is 6.07 Å². The summed E-state index contributed by atoms with van der Waals surface area (Å²) in [4.78, 5) is 28.3. The molecule has 2 aliphatic heterocycles. The number of amides is 2. The van der Waals surface area contributed by atoms with Gasteiger partial charge in [0.15, 0.2) is 0 Å². The molecule has 4 rings (SSSR count). The number of ether oxygens (including phenoxy) is 1. The monoisotopic (exact) mass is 350 g/mol. The van der Waals surface area contributed by atoms with Crippen molar-refractivity contribution in [3.8, 4) is 5.75 Å². The van der Waals surface area contributed by atoms with E-state index in [1.165, 1.54) is 16.0 Å². The van der Waals surface area contributed by atoms with Gasteiger partial charge in [0, 0.05) is 19.6 Å². The number of hydrogen-bond donors (Lipinski definition) is 0. The molecule has 0 radical (unpaired) electrons. The number of rotatable bonds is 5. The number of likely N-dealkylation sites (N-methyl/N-ethyl adjacent to an activating group) is 1. The van der Waals surface area contributed by atoms with Crippen molar-refractivity contribution >= 4 is 11.8 Å². The van der Waals surface area contributed by atoms with Gasteiger partial charge in [0.05, 0.1) is 17.7 Å². The van der Waals surface area contributed by atoms with Crippen LogP contribution in [-0.4, -0.2) is 48.4 Å². The van der Waals surface area contributed by atoms with Gasteiger partial charge in [-0.15, -0.1) is 0 Å². The van der Waals surface area contributed by atoms with Crippen molar-refractivity contribution < 1.29 is 14.3 Å². The van der Waals surface area contributed by atoms with Gasteiger partial charge >= 0.3 is 0 Å². The number of nitrogens with zero attached hydrogens (tertiary/aromatic N) is 2. The second kappa shape index (κ2) is 6.92. The molecule has 5 heteroatoms. The summed E-state index contributed by atoms with van der Waals surface area (Å²) < 4.78 is 5.85. The van der Waals surface area contributed by atoms with Gasteiger partial charge in [-0.1, -0.05) is 18.2 Å². The Bertz CT molecular complexity index is 827. The normalized spacial score (nSPS) is 16.6. The number of carbonyl (C=O) groups is 2. The summed E-state index contributed by atoms with van der Waals surface area (Å²) in [5.74, 6) is 0.436. The minimum absolute atomic E-state index is 0.206. The van der Waals surface area contributed by atoms with E-state index in [9.17, 15) is 9.59 Å². The number of hydrogen-bond acceptors (Lipinski definition) is 4. The Morgan fingerprint density at radius 3 is 2.46 bits per heavy atom. The Morgan fingerprint density at radius 2 is 1.73 bits per heavy atom. The molecular formula is C21H22N2O3. The second-order valence-electron chi connectivity index (χ2n) is 6.93. The summed E-state index contributed by atoms with van der Waals surface area (Å²) >= 11 is 0. The molecule has 2 aromatic rings. The highest BCUT2D eigenvalue weighted by molar-refractivity contribution is 6.21. The molecule has 0 bridgehead atoms. The van der Waals surface area contributed by atoms with Crippen LogP contribution in [0.15, 0.2) is 42.5 Å². The smallest absolute Gasteiger partial charge is 0.261 e. The average Bonchev–Trinajstić information content (AvgIpc) is 2.90. The molecule has 134 valence electrons. The Hall–Kier alpha value is -2.66. The fraction of sp³-hybridized carbons (Fsp3) is 0.333. The zero-order valence-corrected chi connectivity index (χ0v) is 14.9. The van der Waals surface area contributed by atoms with Crippen LogP contribution >= 0.6 is 0 Å². The van der Waals surface area contributed by atoms with E-state index in [1.54, 1.807) is 24.3 Å². The number of fused-ring (bicyclic) bond motifs is 2. The van der Waals surface area contributed by atoms with Crippen molar-refractivity contribution in [3.63, 3.8) is 0 Å². The predicted molar refractivity (Wildman–Crippen MR) is 98.4 cm³/mol. The Labute approximate surface area is 153 Å². The standard InChI is InChI=1S/C21H22N2O3/c1-22-11-9-15-7-8-17(13-16(15)14-22)26-12-4-10-23-20(24)18-5-2-3-6-19(18)21(23)25/h2-3,5-8,13H,4,9-12,14H2,1H3. The highest BCUT2D eigenvalue weighted by Crippen LogP contribution is 2.24. The van der Waals surface area contributed by atoms with Crippen LogP contribution < -0.4 is 4.74 Å². The molecule has 0 saturated carbocycles. The lowest BCUT2D eigenvalue weighted by atomic mass is 10.00. The third kappa shape index (κ3) is 3.10. The Morgan fingerprint density at radius 1 is 1.00 bits per heavy atom. The summed E-state index contributed by atoms with van der Waals surface area (Å²) in [6, 6.07) is 13.2. The molecule has 0 atom stereocenters. The van der Waals surface area contributed by atoms with E-state index in [0.29, 0.717) is 30.7 Å².